The van der Waals surface area contributed by atoms with E-state index < -0.39 is 10.0 Å². The maximum Gasteiger partial charge on any atom is 0.259 e. The van der Waals surface area contributed by atoms with Crippen molar-refractivity contribution in [3.63, 3.8) is 0 Å². The lowest BCUT2D eigenvalue weighted by molar-refractivity contribution is 0.347. The fourth-order valence-corrected chi connectivity index (χ4v) is 5.80. The third kappa shape index (κ3) is 3.42. The van der Waals surface area contributed by atoms with Gasteiger partial charge in [0.1, 0.15) is 4.21 Å². The molecule has 0 aliphatic carbocycles. The average Bonchev–Trinajstić information content (AvgIpc) is 3.33. The highest BCUT2D eigenvalue weighted by molar-refractivity contribution is 7.91. The molecule has 26 heavy (non-hydrogen) atoms. The van der Waals surface area contributed by atoms with Crippen LogP contribution in [0.25, 0.3) is 22.8 Å². The Morgan fingerprint density at radius 1 is 1.08 bits per heavy atom. The van der Waals surface area contributed by atoms with Crippen molar-refractivity contribution in [2.75, 3.05) is 13.1 Å². The smallest absolute Gasteiger partial charge is 0.259 e. The van der Waals surface area contributed by atoms with Crippen molar-refractivity contribution >= 4 is 33.0 Å². The summed E-state index contributed by atoms with van der Waals surface area (Å²) in [5.41, 5.74) is 1.39. The molecular weight excluding hydrogens is 394 g/mol. The van der Waals surface area contributed by atoms with E-state index in [4.69, 9.17) is 16.1 Å². The zero-order chi connectivity index (χ0) is 18.1. The number of halogens is 1. The second-order valence-electron chi connectivity index (χ2n) is 6.05. The molecule has 3 aromatic rings. The molecule has 4 rings (SSSR count). The van der Waals surface area contributed by atoms with E-state index in [9.17, 15) is 8.42 Å². The van der Waals surface area contributed by atoms with Gasteiger partial charge in [-0.25, -0.2) is 8.42 Å². The molecule has 1 saturated heterocycles. The molecule has 0 saturated carbocycles. The van der Waals surface area contributed by atoms with Gasteiger partial charge in [-0.1, -0.05) is 23.2 Å². The summed E-state index contributed by atoms with van der Waals surface area (Å²) in [7, 11) is -3.45. The van der Waals surface area contributed by atoms with Gasteiger partial charge in [-0.15, -0.1) is 11.3 Å². The topological polar surface area (TPSA) is 76.3 Å². The van der Waals surface area contributed by atoms with Gasteiger partial charge in [0.25, 0.3) is 15.9 Å². The Labute approximate surface area is 160 Å². The fourth-order valence-electron chi connectivity index (χ4n) is 2.85. The Morgan fingerprint density at radius 3 is 2.54 bits per heavy atom. The molecule has 1 aromatic carbocycles. The predicted octanol–water partition coefficient (Wildman–Crippen LogP) is 4.29. The highest BCUT2D eigenvalue weighted by atomic mass is 35.5. The van der Waals surface area contributed by atoms with Gasteiger partial charge < -0.3 is 4.52 Å². The maximum atomic E-state index is 12.7. The van der Waals surface area contributed by atoms with E-state index in [2.05, 4.69) is 10.1 Å². The summed E-state index contributed by atoms with van der Waals surface area (Å²) in [5.74, 6) is 0.731. The van der Waals surface area contributed by atoms with Gasteiger partial charge >= 0.3 is 0 Å². The first-order chi connectivity index (χ1) is 12.5. The molecule has 0 bridgehead atoms. The Morgan fingerprint density at radius 2 is 1.81 bits per heavy atom. The minimum Gasteiger partial charge on any atom is -0.334 e. The summed E-state index contributed by atoms with van der Waals surface area (Å²) in [4.78, 5) is 4.37. The molecule has 0 atom stereocenters. The van der Waals surface area contributed by atoms with Crippen LogP contribution in [0.3, 0.4) is 0 Å². The van der Waals surface area contributed by atoms with E-state index >= 15 is 0 Å². The van der Waals surface area contributed by atoms with Crippen molar-refractivity contribution < 1.29 is 12.9 Å². The molecule has 0 amide bonds. The Balaban J connectivity index is 1.59. The summed E-state index contributed by atoms with van der Waals surface area (Å²) in [5, 5.41) is 6.33. The third-order valence-corrected chi connectivity index (χ3v) is 7.83. The SMILES string of the molecule is O=S(=O)(c1cc(-c2nc(-c3ccc(Cl)cc3)no2)cs1)N1CCCCC1. The molecule has 1 aliphatic heterocycles. The van der Waals surface area contributed by atoms with E-state index in [-0.39, 0.29) is 0 Å². The van der Waals surface area contributed by atoms with Gasteiger partial charge in [0.15, 0.2) is 0 Å². The van der Waals surface area contributed by atoms with Crippen LogP contribution in [-0.4, -0.2) is 36.0 Å². The summed E-state index contributed by atoms with van der Waals surface area (Å²) in [6, 6.07) is 8.71. The van der Waals surface area contributed by atoms with Gasteiger partial charge in [0.2, 0.25) is 5.82 Å². The van der Waals surface area contributed by atoms with E-state index in [1.165, 1.54) is 11.3 Å². The van der Waals surface area contributed by atoms with Crippen molar-refractivity contribution in [2.24, 2.45) is 0 Å². The third-order valence-electron chi connectivity index (χ3n) is 4.26. The molecule has 2 aromatic heterocycles. The van der Waals surface area contributed by atoms with Crippen molar-refractivity contribution in [1.29, 1.82) is 0 Å². The van der Waals surface area contributed by atoms with E-state index in [1.807, 2.05) is 0 Å². The number of benzene rings is 1. The number of piperidine rings is 1. The molecule has 1 fully saturated rings. The van der Waals surface area contributed by atoms with Crippen LogP contribution in [0.15, 0.2) is 44.4 Å². The minimum atomic E-state index is -3.45. The predicted molar refractivity (Wildman–Crippen MR) is 101 cm³/mol. The summed E-state index contributed by atoms with van der Waals surface area (Å²) >= 11 is 7.06. The van der Waals surface area contributed by atoms with Crippen LogP contribution in [0.2, 0.25) is 5.02 Å². The van der Waals surface area contributed by atoms with Crippen LogP contribution in [0.5, 0.6) is 0 Å². The zero-order valence-corrected chi connectivity index (χ0v) is 16.1. The van der Waals surface area contributed by atoms with Gasteiger partial charge in [-0.05, 0) is 43.2 Å². The Bertz CT molecular complexity index is 1010. The molecule has 6 nitrogen and oxygen atoms in total. The molecule has 136 valence electrons. The first kappa shape index (κ1) is 17.7. The molecule has 0 unspecified atom stereocenters. The van der Waals surface area contributed by atoms with Crippen molar-refractivity contribution in [1.82, 2.24) is 14.4 Å². The van der Waals surface area contributed by atoms with Gasteiger partial charge in [-0.3, -0.25) is 0 Å². The molecular formula is C17H16ClN3O3S2. The van der Waals surface area contributed by atoms with Crippen LogP contribution in [0.4, 0.5) is 0 Å². The number of sulfonamides is 1. The normalized spacial score (nSPS) is 16.0. The van der Waals surface area contributed by atoms with Gasteiger partial charge in [0, 0.05) is 29.1 Å². The lowest BCUT2D eigenvalue weighted by atomic mass is 10.2. The molecule has 9 heteroatoms. The highest BCUT2D eigenvalue weighted by Gasteiger charge is 2.28. The first-order valence-corrected chi connectivity index (χ1v) is 10.9. The van der Waals surface area contributed by atoms with Crippen molar-refractivity contribution in [3.8, 4) is 22.8 Å². The molecule has 3 heterocycles. The van der Waals surface area contributed by atoms with Crippen LogP contribution >= 0.6 is 22.9 Å². The van der Waals surface area contributed by atoms with Crippen molar-refractivity contribution in [2.45, 2.75) is 23.5 Å². The molecule has 0 N–H and O–H groups in total. The van der Waals surface area contributed by atoms with E-state index in [0.717, 1.165) is 24.8 Å². The first-order valence-electron chi connectivity index (χ1n) is 8.23. The zero-order valence-electron chi connectivity index (χ0n) is 13.8. The number of hydrogen-bond donors (Lipinski definition) is 0. The number of hydrogen-bond acceptors (Lipinski definition) is 6. The molecule has 0 radical (unpaired) electrons. The largest absolute Gasteiger partial charge is 0.334 e. The number of thiophene rings is 1. The van der Waals surface area contributed by atoms with Gasteiger partial charge in [0.05, 0.1) is 5.56 Å². The second-order valence-corrected chi connectivity index (χ2v) is 9.56. The number of nitrogens with zero attached hydrogens (tertiary/aromatic N) is 3. The standard InChI is InChI=1S/C17H16ClN3O3S2/c18-14-6-4-12(5-7-14)16-19-17(24-20-16)13-10-15(25-11-13)26(22,23)21-8-2-1-3-9-21/h4-7,10-11H,1-3,8-9H2. The minimum absolute atomic E-state index is 0.297. The Kier molecular flexibility index (Phi) is 4.83. The summed E-state index contributed by atoms with van der Waals surface area (Å²) in [6.07, 6.45) is 2.90. The monoisotopic (exact) mass is 409 g/mol. The lowest BCUT2D eigenvalue weighted by Gasteiger charge is -2.25. The number of rotatable bonds is 4. The van der Waals surface area contributed by atoms with Crippen LogP contribution < -0.4 is 0 Å². The van der Waals surface area contributed by atoms with Crippen LogP contribution in [0, 0.1) is 0 Å². The van der Waals surface area contributed by atoms with E-state index in [0.29, 0.717) is 39.6 Å². The second kappa shape index (κ2) is 7.11. The van der Waals surface area contributed by atoms with Gasteiger partial charge in [-0.2, -0.15) is 9.29 Å². The molecule has 1 aliphatic rings. The maximum absolute atomic E-state index is 12.7. The van der Waals surface area contributed by atoms with Crippen LogP contribution in [0.1, 0.15) is 19.3 Å². The Hall–Kier alpha value is -1.74. The summed E-state index contributed by atoms with van der Waals surface area (Å²) < 4.78 is 32.7. The quantitative estimate of drug-likeness (QED) is 0.642. The molecule has 0 spiro atoms. The number of aromatic nitrogens is 2. The summed E-state index contributed by atoms with van der Waals surface area (Å²) in [6.45, 7) is 1.16. The van der Waals surface area contributed by atoms with E-state index in [1.54, 1.807) is 40.0 Å². The average molecular weight is 410 g/mol. The highest BCUT2D eigenvalue weighted by Crippen LogP contribution is 2.31. The fraction of sp³-hybridized carbons (Fsp3) is 0.294. The lowest BCUT2D eigenvalue weighted by Crippen LogP contribution is -2.35. The van der Waals surface area contributed by atoms with Crippen molar-refractivity contribution in [3.05, 3.63) is 40.7 Å². The van der Waals surface area contributed by atoms with Crippen LogP contribution in [-0.2, 0) is 10.0 Å².